The molecule has 1 saturated heterocycles. The number of allylic oxidation sites excluding steroid dienone is 1. The minimum Gasteiger partial charge on any atom is -0.295 e. The number of ketones is 1. The van der Waals surface area contributed by atoms with Crippen molar-refractivity contribution in [1.82, 2.24) is 0 Å². The predicted molar refractivity (Wildman–Crippen MR) is 102 cm³/mol. The van der Waals surface area contributed by atoms with E-state index in [2.05, 4.69) is 48.5 Å². The maximum atomic E-state index is 12.5. The molecule has 0 saturated carbocycles. The van der Waals surface area contributed by atoms with Crippen LogP contribution in [0.3, 0.4) is 0 Å². The molecule has 23 heavy (non-hydrogen) atoms. The van der Waals surface area contributed by atoms with Gasteiger partial charge in [-0.3, -0.25) is 4.79 Å². The lowest BCUT2D eigenvalue weighted by molar-refractivity contribution is -0.113. The van der Waals surface area contributed by atoms with Crippen LogP contribution in [0.4, 0.5) is 0 Å². The van der Waals surface area contributed by atoms with Crippen LogP contribution in [0.2, 0.25) is 0 Å². The standard InChI is InChI=1S/C20H20OS2/c1-15(21)18(20-22-13-8-14-23-20)19(16-9-4-2-5-10-16)17-11-6-3-7-12-17/h2-7,9-12,19H,8,13-14H2,1H3. The van der Waals surface area contributed by atoms with Crippen molar-refractivity contribution in [3.63, 3.8) is 0 Å². The lowest BCUT2D eigenvalue weighted by atomic mass is 9.84. The van der Waals surface area contributed by atoms with Crippen molar-refractivity contribution in [1.29, 1.82) is 0 Å². The van der Waals surface area contributed by atoms with Crippen molar-refractivity contribution >= 4 is 29.3 Å². The van der Waals surface area contributed by atoms with E-state index in [4.69, 9.17) is 0 Å². The summed E-state index contributed by atoms with van der Waals surface area (Å²) in [4.78, 5) is 12.5. The van der Waals surface area contributed by atoms with Gasteiger partial charge >= 0.3 is 0 Å². The van der Waals surface area contributed by atoms with Gasteiger partial charge in [0.2, 0.25) is 0 Å². The molecule has 3 rings (SSSR count). The molecule has 0 spiro atoms. The Hall–Kier alpha value is -1.45. The van der Waals surface area contributed by atoms with Crippen LogP contribution < -0.4 is 0 Å². The summed E-state index contributed by atoms with van der Waals surface area (Å²) >= 11 is 3.68. The first-order valence-electron chi connectivity index (χ1n) is 7.88. The van der Waals surface area contributed by atoms with Gasteiger partial charge in [-0.05, 0) is 36.0 Å². The molecular weight excluding hydrogens is 320 g/mol. The highest BCUT2D eigenvalue weighted by atomic mass is 32.2. The van der Waals surface area contributed by atoms with E-state index in [1.807, 2.05) is 35.7 Å². The van der Waals surface area contributed by atoms with Crippen molar-refractivity contribution in [2.45, 2.75) is 19.3 Å². The summed E-state index contributed by atoms with van der Waals surface area (Å²) in [5, 5.41) is 0. The fourth-order valence-corrected chi connectivity index (χ4v) is 5.67. The van der Waals surface area contributed by atoms with Crippen LogP contribution in [0, 0.1) is 0 Å². The molecule has 1 fully saturated rings. The second kappa shape index (κ2) is 7.89. The molecule has 0 atom stereocenters. The number of benzene rings is 2. The molecule has 2 aromatic rings. The number of rotatable bonds is 4. The van der Waals surface area contributed by atoms with Gasteiger partial charge in [0.25, 0.3) is 0 Å². The molecule has 0 radical (unpaired) electrons. The van der Waals surface area contributed by atoms with Crippen LogP contribution in [-0.2, 0) is 4.79 Å². The fraction of sp³-hybridized carbons (Fsp3) is 0.250. The Labute approximate surface area is 146 Å². The number of carbonyl (C=O) groups is 1. The Morgan fingerprint density at radius 3 is 1.78 bits per heavy atom. The Bertz CT molecular complexity index is 645. The number of thioether (sulfide) groups is 2. The third-order valence-electron chi connectivity index (χ3n) is 3.91. The largest absolute Gasteiger partial charge is 0.295 e. The molecule has 118 valence electrons. The van der Waals surface area contributed by atoms with E-state index in [-0.39, 0.29) is 11.7 Å². The summed E-state index contributed by atoms with van der Waals surface area (Å²) in [6.45, 7) is 1.71. The van der Waals surface area contributed by atoms with Crippen LogP contribution in [-0.4, -0.2) is 17.3 Å². The van der Waals surface area contributed by atoms with Crippen LogP contribution in [0.5, 0.6) is 0 Å². The van der Waals surface area contributed by atoms with E-state index in [0.717, 1.165) is 17.1 Å². The third-order valence-corrected chi connectivity index (χ3v) is 6.57. The summed E-state index contributed by atoms with van der Waals surface area (Å²) in [6.07, 6.45) is 1.21. The molecule has 0 amide bonds. The highest BCUT2D eigenvalue weighted by Crippen LogP contribution is 2.44. The van der Waals surface area contributed by atoms with Crippen LogP contribution in [0.15, 0.2) is 70.5 Å². The van der Waals surface area contributed by atoms with Crippen molar-refractivity contribution in [3.8, 4) is 0 Å². The summed E-state index contributed by atoms with van der Waals surface area (Å²) in [6, 6.07) is 20.7. The van der Waals surface area contributed by atoms with Gasteiger partial charge in [-0.1, -0.05) is 60.7 Å². The van der Waals surface area contributed by atoms with Gasteiger partial charge in [0, 0.05) is 15.7 Å². The van der Waals surface area contributed by atoms with Crippen LogP contribution in [0.1, 0.15) is 30.4 Å². The Morgan fingerprint density at radius 1 is 0.870 bits per heavy atom. The number of hydrogen-bond donors (Lipinski definition) is 0. The van der Waals surface area contributed by atoms with Gasteiger partial charge in [0.15, 0.2) is 5.78 Å². The summed E-state index contributed by atoms with van der Waals surface area (Å²) in [5.74, 6) is 2.41. The average Bonchev–Trinajstić information content (AvgIpc) is 2.61. The highest BCUT2D eigenvalue weighted by Gasteiger charge is 2.27. The monoisotopic (exact) mass is 340 g/mol. The van der Waals surface area contributed by atoms with Gasteiger partial charge in [-0.2, -0.15) is 0 Å². The normalized spacial score (nSPS) is 14.8. The lowest BCUT2D eigenvalue weighted by Crippen LogP contribution is -2.13. The fourth-order valence-electron chi connectivity index (χ4n) is 2.87. The van der Waals surface area contributed by atoms with Crippen LogP contribution in [0.25, 0.3) is 0 Å². The first-order chi connectivity index (χ1) is 11.3. The molecule has 1 aliphatic rings. The Kier molecular flexibility index (Phi) is 5.63. The third kappa shape index (κ3) is 3.91. The lowest BCUT2D eigenvalue weighted by Gasteiger charge is -2.25. The molecule has 1 nitrogen and oxygen atoms in total. The molecular formula is C20H20OS2. The predicted octanol–water partition coefficient (Wildman–Crippen LogP) is 5.49. The zero-order valence-electron chi connectivity index (χ0n) is 13.2. The average molecular weight is 341 g/mol. The second-order valence-corrected chi connectivity index (χ2v) is 8.03. The maximum absolute atomic E-state index is 12.5. The quantitative estimate of drug-likeness (QED) is 0.685. The molecule has 0 N–H and O–H groups in total. The molecule has 0 aromatic heterocycles. The van der Waals surface area contributed by atoms with Gasteiger partial charge in [0.05, 0.1) is 0 Å². The summed E-state index contributed by atoms with van der Waals surface area (Å²) in [5.41, 5.74) is 3.32. The summed E-state index contributed by atoms with van der Waals surface area (Å²) < 4.78 is 1.21. The van der Waals surface area contributed by atoms with Crippen molar-refractivity contribution in [2.24, 2.45) is 0 Å². The molecule has 3 heteroatoms. The minimum atomic E-state index is 0.0167. The highest BCUT2D eigenvalue weighted by molar-refractivity contribution is 8.22. The van der Waals surface area contributed by atoms with Crippen molar-refractivity contribution in [2.75, 3.05) is 11.5 Å². The smallest absolute Gasteiger partial charge is 0.158 e. The van der Waals surface area contributed by atoms with Crippen molar-refractivity contribution in [3.05, 3.63) is 81.6 Å². The molecule has 0 bridgehead atoms. The zero-order valence-corrected chi connectivity index (χ0v) is 14.8. The molecule has 1 heterocycles. The molecule has 0 unspecified atom stereocenters. The van der Waals surface area contributed by atoms with Gasteiger partial charge in [-0.15, -0.1) is 23.5 Å². The first-order valence-corrected chi connectivity index (χ1v) is 9.85. The molecule has 0 aliphatic carbocycles. The van der Waals surface area contributed by atoms with E-state index in [0.29, 0.717) is 0 Å². The summed E-state index contributed by atoms with van der Waals surface area (Å²) in [7, 11) is 0. The van der Waals surface area contributed by atoms with E-state index in [1.54, 1.807) is 6.92 Å². The Balaban J connectivity index is 2.15. The van der Waals surface area contributed by atoms with E-state index in [9.17, 15) is 4.79 Å². The topological polar surface area (TPSA) is 17.1 Å². The van der Waals surface area contributed by atoms with E-state index >= 15 is 0 Å². The first kappa shape index (κ1) is 16.4. The van der Waals surface area contributed by atoms with Gasteiger partial charge < -0.3 is 0 Å². The van der Waals surface area contributed by atoms with E-state index in [1.165, 1.54) is 21.8 Å². The van der Waals surface area contributed by atoms with E-state index < -0.39 is 0 Å². The minimum absolute atomic E-state index is 0.0167. The zero-order chi connectivity index (χ0) is 16.1. The van der Waals surface area contributed by atoms with Crippen LogP contribution >= 0.6 is 23.5 Å². The maximum Gasteiger partial charge on any atom is 0.158 e. The van der Waals surface area contributed by atoms with Gasteiger partial charge in [-0.25, -0.2) is 0 Å². The molecule has 1 aliphatic heterocycles. The van der Waals surface area contributed by atoms with Crippen molar-refractivity contribution < 1.29 is 4.79 Å². The number of Topliss-reactive ketones (excluding diaryl/α,β-unsaturated/α-hetero) is 1. The number of hydrogen-bond acceptors (Lipinski definition) is 3. The second-order valence-electron chi connectivity index (χ2n) is 5.56. The Morgan fingerprint density at radius 2 is 1.35 bits per heavy atom. The van der Waals surface area contributed by atoms with Gasteiger partial charge in [0.1, 0.15) is 0 Å². The molecule has 2 aromatic carbocycles. The number of carbonyl (C=O) groups excluding carboxylic acids is 1. The SMILES string of the molecule is CC(=O)C(=C1SCCCS1)C(c1ccccc1)c1ccccc1.